The fourth-order valence-electron chi connectivity index (χ4n) is 4.72. The fraction of sp³-hybridized carbons (Fsp3) is 0.250. The Bertz CT molecular complexity index is 898. The molecule has 0 saturated carbocycles. The summed E-state index contributed by atoms with van der Waals surface area (Å²) < 4.78 is 22.3. The van der Waals surface area contributed by atoms with E-state index in [0.29, 0.717) is 0 Å². The lowest BCUT2D eigenvalue weighted by molar-refractivity contribution is 0.0469. The minimum atomic E-state index is 0.116. The second kappa shape index (κ2) is 6.97. The number of ether oxygens (including phenoxy) is 4. The molecule has 4 heteroatoms. The highest BCUT2D eigenvalue weighted by Gasteiger charge is 2.44. The van der Waals surface area contributed by atoms with Crippen LogP contribution in [0.1, 0.15) is 45.2 Å². The van der Waals surface area contributed by atoms with Crippen molar-refractivity contribution in [2.24, 2.45) is 0 Å². The number of hydrogen-bond acceptors (Lipinski definition) is 4. The third-order valence-corrected chi connectivity index (χ3v) is 5.69. The van der Waals surface area contributed by atoms with Crippen LogP contribution in [-0.2, 0) is 9.47 Å². The van der Waals surface area contributed by atoms with E-state index in [9.17, 15) is 0 Å². The molecule has 0 atom stereocenters. The largest absolute Gasteiger partial charge is 0.467 e. The van der Waals surface area contributed by atoms with Gasteiger partial charge in [0.15, 0.2) is 13.6 Å². The number of benzene rings is 3. The number of rotatable bonds is 6. The molecule has 28 heavy (non-hydrogen) atoms. The van der Waals surface area contributed by atoms with E-state index in [1.165, 1.54) is 33.4 Å². The SMILES string of the molecule is COCOc1ccc(OCOC)c2c1C1c3ccccc3C2c2ccccc21. The van der Waals surface area contributed by atoms with Crippen molar-refractivity contribution in [3.8, 4) is 11.5 Å². The molecule has 0 fully saturated rings. The zero-order valence-corrected chi connectivity index (χ0v) is 16.0. The molecule has 0 unspecified atom stereocenters. The van der Waals surface area contributed by atoms with Crippen LogP contribution in [0.15, 0.2) is 60.7 Å². The van der Waals surface area contributed by atoms with Crippen LogP contribution in [0.25, 0.3) is 0 Å². The smallest absolute Gasteiger partial charge is 0.188 e. The zero-order chi connectivity index (χ0) is 19.1. The van der Waals surface area contributed by atoms with E-state index in [0.717, 1.165) is 11.5 Å². The van der Waals surface area contributed by atoms with Crippen molar-refractivity contribution < 1.29 is 18.9 Å². The average molecular weight is 374 g/mol. The predicted molar refractivity (Wildman–Crippen MR) is 106 cm³/mol. The molecule has 0 amide bonds. The third-order valence-electron chi connectivity index (χ3n) is 5.69. The van der Waals surface area contributed by atoms with E-state index < -0.39 is 0 Å². The Morgan fingerprint density at radius 1 is 0.571 bits per heavy atom. The van der Waals surface area contributed by atoms with E-state index in [1.807, 2.05) is 12.1 Å². The molecule has 6 rings (SSSR count). The van der Waals surface area contributed by atoms with Gasteiger partial charge in [-0.15, -0.1) is 0 Å². The molecular weight excluding hydrogens is 352 g/mol. The number of methoxy groups -OCH3 is 2. The molecular formula is C24H22O4. The lowest BCUT2D eigenvalue weighted by Gasteiger charge is -2.43. The van der Waals surface area contributed by atoms with Crippen molar-refractivity contribution in [2.45, 2.75) is 11.8 Å². The quantitative estimate of drug-likeness (QED) is 0.406. The van der Waals surface area contributed by atoms with Crippen molar-refractivity contribution in [2.75, 3.05) is 27.8 Å². The molecule has 3 aromatic carbocycles. The summed E-state index contributed by atoms with van der Waals surface area (Å²) in [5.41, 5.74) is 7.70. The second-order valence-electron chi connectivity index (χ2n) is 7.11. The minimum absolute atomic E-state index is 0.116. The van der Waals surface area contributed by atoms with Crippen LogP contribution in [0, 0.1) is 0 Å². The lowest BCUT2D eigenvalue weighted by Crippen LogP contribution is -2.29. The van der Waals surface area contributed by atoms with Gasteiger partial charge in [0.1, 0.15) is 11.5 Å². The molecule has 2 bridgehead atoms. The predicted octanol–water partition coefficient (Wildman–Crippen LogP) is 4.64. The minimum Gasteiger partial charge on any atom is -0.467 e. The maximum absolute atomic E-state index is 5.99. The van der Waals surface area contributed by atoms with Gasteiger partial charge in [-0.25, -0.2) is 0 Å². The van der Waals surface area contributed by atoms with Crippen molar-refractivity contribution in [3.05, 3.63) is 94.0 Å². The van der Waals surface area contributed by atoms with Crippen LogP contribution in [0.5, 0.6) is 11.5 Å². The summed E-state index contributed by atoms with van der Waals surface area (Å²) in [4.78, 5) is 0. The first-order chi connectivity index (χ1) is 13.8. The van der Waals surface area contributed by atoms with E-state index in [1.54, 1.807) is 14.2 Å². The molecule has 0 aliphatic heterocycles. The summed E-state index contributed by atoms with van der Waals surface area (Å²) in [6.07, 6.45) is 0. The fourth-order valence-corrected chi connectivity index (χ4v) is 4.72. The highest BCUT2D eigenvalue weighted by Crippen LogP contribution is 2.59. The van der Waals surface area contributed by atoms with Gasteiger partial charge in [0, 0.05) is 37.2 Å². The van der Waals surface area contributed by atoms with Gasteiger partial charge < -0.3 is 18.9 Å². The van der Waals surface area contributed by atoms with E-state index >= 15 is 0 Å². The molecule has 3 aliphatic carbocycles. The van der Waals surface area contributed by atoms with E-state index in [2.05, 4.69) is 48.5 Å². The van der Waals surface area contributed by atoms with Gasteiger partial charge in [0.2, 0.25) is 0 Å². The maximum Gasteiger partial charge on any atom is 0.188 e. The molecule has 3 aliphatic rings. The Morgan fingerprint density at radius 2 is 0.929 bits per heavy atom. The normalized spacial score (nSPS) is 18.2. The summed E-state index contributed by atoms with van der Waals surface area (Å²) in [7, 11) is 3.28. The van der Waals surface area contributed by atoms with Crippen LogP contribution < -0.4 is 9.47 Å². The first-order valence-electron chi connectivity index (χ1n) is 9.43. The highest BCUT2D eigenvalue weighted by molar-refractivity contribution is 5.73. The van der Waals surface area contributed by atoms with Crippen LogP contribution in [-0.4, -0.2) is 27.8 Å². The van der Waals surface area contributed by atoms with Gasteiger partial charge in [-0.05, 0) is 34.4 Å². The molecule has 3 aromatic rings. The molecule has 0 aromatic heterocycles. The van der Waals surface area contributed by atoms with Crippen LogP contribution in [0.2, 0.25) is 0 Å². The molecule has 4 nitrogen and oxygen atoms in total. The van der Waals surface area contributed by atoms with Gasteiger partial charge in [-0.1, -0.05) is 48.5 Å². The van der Waals surface area contributed by atoms with Gasteiger partial charge in [0.05, 0.1) is 0 Å². The standard InChI is InChI=1S/C24H22O4/c1-25-13-27-19-11-12-20(28-14-26-2)24-22-17-9-5-3-7-15(17)21(23(19)24)16-8-4-6-10-18(16)22/h3-12,21-22H,13-14H2,1-2H3. The van der Waals surface area contributed by atoms with Gasteiger partial charge in [-0.2, -0.15) is 0 Å². The molecule has 0 N–H and O–H groups in total. The lowest BCUT2D eigenvalue weighted by atomic mass is 9.60. The summed E-state index contributed by atoms with van der Waals surface area (Å²) in [6, 6.07) is 21.3. The first-order valence-corrected chi connectivity index (χ1v) is 9.43. The van der Waals surface area contributed by atoms with Crippen molar-refractivity contribution in [1.29, 1.82) is 0 Å². The van der Waals surface area contributed by atoms with Crippen LogP contribution in [0.4, 0.5) is 0 Å². The van der Waals surface area contributed by atoms with Crippen LogP contribution >= 0.6 is 0 Å². The molecule has 142 valence electrons. The molecule has 0 saturated heterocycles. The van der Waals surface area contributed by atoms with Gasteiger partial charge in [0.25, 0.3) is 0 Å². The van der Waals surface area contributed by atoms with E-state index in [4.69, 9.17) is 18.9 Å². The van der Waals surface area contributed by atoms with Crippen molar-refractivity contribution in [1.82, 2.24) is 0 Å². The Balaban J connectivity index is 1.78. The molecule has 0 spiro atoms. The molecule has 0 heterocycles. The Kier molecular flexibility index (Phi) is 4.30. The summed E-state index contributed by atoms with van der Waals surface area (Å²) in [5, 5.41) is 0. The number of hydrogen-bond donors (Lipinski definition) is 0. The zero-order valence-electron chi connectivity index (χ0n) is 16.0. The average Bonchev–Trinajstić information content (AvgIpc) is 2.76. The third kappa shape index (κ3) is 2.45. The summed E-state index contributed by atoms with van der Waals surface area (Å²) in [6.45, 7) is 0.427. The Hall–Kier alpha value is -2.82. The summed E-state index contributed by atoms with van der Waals surface area (Å²) >= 11 is 0. The second-order valence-corrected chi connectivity index (χ2v) is 7.11. The molecule has 0 radical (unpaired) electrons. The van der Waals surface area contributed by atoms with Crippen LogP contribution in [0.3, 0.4) is 0 Å². The van der Waals surface area contributed by atoms with E-state index in [-0.39, 0.29) is 25.4 Å². The first kappa shape index (κ1) is 17.3. The monoisotopic (exact) mass is 374 g/mol. The van der Waals surface area contributed by atoms with Gasteiger partial charge in [-0.3, -0.25) is 0 Å². The maximum atomic E-state index is 5.99. The highest BCUT2D eigenvalue weighted by atomic mass is 16.7. The summed E-state index contributed by atoms with van der Waals surface area (Å²) in [5.74, 6) is 1.93. The Morgan fingerprint density at radius 3 is 1.25 bits per heavy atom. The van der Waals surface area contributed by atoms with Gasteiger partial charge >= 0.3 is 0 Å². The Labute approximate surface area is 164 Å². The van der Waals surface area contributed by atoms with Crippen molar-refractivity contribution >= 4 is 0 Å². The topological polar surface area (TPSA) is 36.9 Å². The van der Waals surface area contributed by atoms with Crippen molar-refractivity contribution in [3.63, 3.8) is 0 Å².